The van der Waals surface area contributed by atoms with E-state index in [1.807, 2.05) is 35.9 Å². The molecule has 0 saturated heterocycles. The predicted octanol–water partition coefficient (Wildman–Crippen LogP) is 2.08. The van der Waals surface area contributed by atoms with Gasteiger partial charge in [0, 0.05) is 31.4 Å². The van der Waals surface area contributed by atoms with E-state index < -0.39 is 0 Å². The van der Waals surface area contributed by atoms with E-state index in [1.165, 1.54) is 5.56 Å². The summed E-state index contributed by atoms with van der Waals surface area (Å²) in [7, 11) is 0. The molecule has 1 fully saturated rings. The van der Waals surface area contributed by atoms with Gasteiger partial charge < -0.3 is 15.0 Å². The van der Waals surface area contributed by atoms with Crippen molar-refractivity contribution >= 4 is 5.91 Å². The van der Waals surface area contributed by atoms with Crippen molar-refractivity contribution in [2.45, 2.75) is 51.3 Å². The molecule has 1 amide bonds. The lowest BCUT2D eigenvalue weighted by Crippen LogP contribution is -2.48. The van der Waals surface area contributed by atoms with Crippen LogP contribution in [0.1, 0.15) is 30.7 Å². The Morgan fingerprint density at radius 3 is 2.75 bits per heavy atom. The van der Waals surface area contributed by atoms with E-state index in [2.05, 4.69) is 22.4 Å². The Labute approximate surface area is 142 Å². The maximum atomic E-state index is 12.4. The number of aromatic nitrogens is 2. The number of imidazole rings is 1. The molecule has 5 heteroatoms. The first-order valence-corrected chi connectivity index (χ1v) is 8.61. The summed E-state index contributed by atoms with van der Waals surface area (Å²) >= 11 is 0. The summed E-state index contributed by atoms with van der Waals surface area (Å²) in [5.74, 6) is 1.34. The zero-order valence-electron chi connectivity index (χ0n) is 14.1. The predicted molar refractivity (Wildman–Crippen MR) is 92.4 cm³/mol. The molecule has 2 N–H and O–H groups in total. The lowest BCUT2D eigenvalue weighted by molar-refractivity contribution is -0.123. The van der Waals surface area contributed by atoms with E-state index in [1.54, 1.807) is 6.20 Å². The summed E-state index contributed by atoms with van der Waals surface area (Å²) in [6.45, 7) is 2.58. The van der Waals surface area contributed by atoms with Gasteiger partial charge in [0.25, 0.3) is 0 Å². The van der Waals surface area contributed by atoms with Crippen molar-refractivity contribution in [2.75, 3.05) is 0 Å². The number of aliphatic hydroxyl groups excluding tert-OH is 1. The number of benzene rings is 1. The van der Waals surface area contributed by atoms with Crippen LogP contribution < -0.4 is 5.32 Å². The molecule has 1 aromatic heterocycles. The highest BCUT2D eigenvalue weighted by Crippen LogP contribution is 2.31. The van der Waals surface area contributed by atoms with E-state index in [0.717, 1.165) is 25.1 Å². The molecule has 1 saturated carbocycles. The Hall–Kier alpha value is -2.14. The van der Waals surface area contributed by atoms with Gasteiger partial charge in [-0.05, 0) is 37.7 Å². The number of aliphatic hydroxyl groups is 1. The number of hydrogen-bond acceptors (Lipinski definition) is 3. The quantitative estimate of drug-likeness (QED) is 0.818. The zero-order valence-corrected chi connectivity index (χ0v) is 14.1. The van der Waals surface area contributed by atoms with Gasteiger partial charge in [0.2, 0.25) is 5.91 Å². The molecule has 1 aliphatic rings. The largest absolute Gasteiger partial charge is 0.393 e. The van der Waals surface area contributed by atoms with E-state index in [4.69, 9.17) is 0 Å². The van der Waals surface area contributed by atoms with Crippen LogP contribution in [0.3, 0.4) is 0 Å². The Morgan fingerprint density at radius 1 is 1.38 bits per heavy atom. The monoisotopic (exact) mass is 327 g/mol. The van der Waals surface area contributed by atoms with Crippen molar-refractivity contribution < 1.29 is 9.90 Å². The van der Waals surface area contributed by atoms with Crippen molar-refractivity contribution in [3.05, 3.63) is 54.1 Å². The van der Waals surface area contributed by atoms with Crippen molar-refractivity contribution in [1.29, 1.82) is 0 Å². The van der Waals surface area contributed by atoms with Crippen molar-refractivity contribution in [3.8, 4) is 0 Å². The second-order valence-corrected chi connectivity index (χ2v) is 6.67. The molecule has 1 atom stereocenters. The Balaban J connectivity index is 1.56. The third-order valence-corrected chi connectivity index (χ3v) is 4.87. The molecule has 0 spiro atoms. The SMILES string of the molecule is Cc1nccn1CCC(=O)N[C@@H](Cc1ccccc1)C1CC(O)C1. The molecular weight excluding hydrogens is 302 g/mol. The number of carbonyl (C=O) groups excluding carboxylic acids is 1. The van der Waals surface area contributed by atoms with Gasteiger partial charge >= 0.3 is 0 Å². The summed E-state index contributed by atoms with van der Waals surface area (Å²) in [4.78, 5) is 16.5. The van der Waals surface area contributed by atoms with Crippen LogP contribution in [0.25, 0.3) is 0 Å². The Morgan fingerprint density at radius 2 is 2.12 bits per heavy atom. The van der Waals surface area contributed by atoms with Gasteiger partial charge in [0.05, 0.1) is 6.10 Å². The first-order chi connectivity index (χ1) is 11.6. The van der Waals surface area contributed by atoms with Crippen LogP contribution in [0.5, 0.6) is 0 Å². The molecule has 5 nitrogen and oxygen atoms in total. The van der Waals surface area contributed by atoms with Crippen LogP contribution in [-0.4, -0.2) is 32.7 Å². The van der Waals surface area contributed by atoms with E-state index in [0.29, 0.717) is 18.9 Å². The van der Waals surface area contributed by atoms with Crippen LogP contribution in [0, 0.1) is 12.8 Å². The van der Waals surface area contributed by atoms with Crippen LogP contribution in [-0.2, 0) is 17.8 Å². The molecule has 2 aromatic rings. The number of rotatable bonds is 7. The number of nitrogens with zero attached hydrogens (tertiary/aromatic N) is 2. The minimum atomic E-state index is -0.209. The average molecular weight is 327 g/mol. The summed E-state index contributed by atoms with van der Waals surface area (Å²) in [6, 6.07) is 10.3. The third-order valence-electron chi connectivity index (χ3n) is 4.87. The van der Waals surface area contributed by atoms with Crippen molar-refractivity contribution in [1.82, 2.24) is 14.9 Å². The van der Waals surface area contributed by atoms with Crippen LogP contribution in [0.4, 0.5) is 0 Å². The first-order valence-electron chi connectivity index (χ1n) is 8.61. The van der Waals surface area contributed by atoms with E-state index in [9.17, 15) is 9.90 Å². The fourth-order valence-corrected chi connectivity index (χ4v) is 3.30. The summed E-state index contributed by atoms with van der Waals surface area (Å²) in [5.41, 5.74) is 1.22. The van der Waals surface area contributed by atoms with Crippen molar-refractivity contribution in [2.24, 2.45) is 5.92 Å². The van der Waals surface area contributed by atoms with Gasteiger partial charge in [-0.3, -0.25) is 4.79 Å². The maximum Gasteiger partial charge on any atom is 0.222 e. The molecular formula is C19H25N3O2. The Bertz CT molecular complexity index is 662. The number of aryl methyl sites for hydroxylation is 2. The van der Waals surface area contributed by atoms with Crippen LogP contribution >= 0.6 is 0 Å². The second kappa shape index (κ2) is 7.62. The van der Waals surface area contributed by atoms with Gasteiger partial charge in [-0.15, -0.1) is 0 Å². The van der Waals surface area contributed by atoms with Gasteiger partial charge in [0.15, 0.2) is 0 Å². The highest BCUT2D eigenvalue weighted by atomic mass is 16.3. The number of nitrogens with one attached hydrogen (secondary N) is 1. The van der Waals surface area contributed by atoms with Gasteiger partial charge in [-0.1, -0.05) is 30.3 Å². The number of hydrogen-bond donors (Lipinski definition) is 2. The molecule has 0 unspecified atom stereocenters. The second-order valence-electron chi connectivity index (χ2n) is 6.67. The average Bonchev–Trinajstić information content (AvgIpc) is 2.95. The molecule has 0 aliphatic heterocycles. The lowest BCUT2D eigenvalue weighted by atomic mass is 9.75. The summed E-state index contributed by atoms with van der Waals surface area (Å²) in [5, 5.41) is 12.8. The normalized spacial score (nSPS) is 21.1. The fourth-order valence-electron chi connectivity index (χ4n) is 3.30. The standard InChI is InChI=1S/C19H25N3O2/c1-14-20-8-10-22(14)9-7-19(24)21-18(16-12-17(23)13-16)11-15-5-3-2-4-6-15/h2-6,8,10,16-18,23H,7,9,11-13H2,1H3,(H,21,24)/t16?,17?,18-/m0/s1. The molecule has 1 aliphatic carbocycles. The van der Waals surface area contributed by atoms with Crippen molar-refractivity contribution in [3.63, 3.8) is 0 Å². The molecule has 3 rings (SSSR count). The highest BCUT2D eigenvalue weighted by molar-refractivity contribution is 5.76. The van der Waals surface area contributed by atoms with Crippen LogP contribution in [0.2, 0.25) is 0 Å². The maximum absolute atomic E-state index is 12.4. The molecule has 24 heavy (non-hydrogen) atoms. The lowest BCUT2D eigenvalue weighted by Gasteiger charge is -2.38. The summed E-state index contributed by atoms with van der Waals surface area (Å²) in [6.07, 6.45) is 6.25. The zero-order chi connectivity index (χ0) is 16.9. The summed E-state index contributed by atoms with van der Waals surface area (Å²) < 4.78 is 1.99. The number of amides is 1. The Kier molecular flexibility index (Phi) is 5.30. The minimum Gasteiger partial charge on any atom is -0.393 e. The fraction of sp³-hybridized carbons (Fsp3) is 0.474. The van der Waals surface area contributed by atoms with Gasteiger partial charge in [0.1, 0.15) is 5.82 Å². The van der Waals surface area contributed by atoms with Crippen LogP contribution in [0.15, 0.2) is 42.7 Å². The minimum absolute atomic E-state index is 0.0606. The molecule has 128 valence electrons. The van der Waals surface area contributed by atoms with Gasteiger partial charge in [-0.25, -0.2) is 4.98 Å². The molecule has 0 bridgehead atoms. The smallest absolute Gasteiger partial charge is 0.222 e. The molecule has 1 aromatic carbocycles. The topological polar surface area (TPSA) is 67.2 Å². The highest BCUT2D eigenvalue weighted by Gasteiger charge is 2.34. The number of carbonyl (C=O) groups is 1. The molecule has 1 heterocycles. The molecule has 0 radical (unpaired) electrons. The third kappa shape index (κ3) is 4.23. The van der Waals surface area contributed by atoms with Gasteiger partial charge in [-0.2, -0.15) is 0 Å². The van der Waals surface area contributed by atoms with E-state index >= 15 is 0 Å². The first kappa shape index (κ1) is 16.7. The van der Waals surface area contributed by atoms with E-state index in [-0.39, 0.29) is 18.1 Å².